The molecule has 0 saturated heterocycles. The topological polar surface area (TPSA) is 64.3 Å². The zero-order valence-corrected chi connectivity index (χ0v) is 10.4. The highest BCUT2D eigenvalue weighted by molar-refractivity contribution is 5.91. The molecule has 1 amide bonds. The third-order valence-corrected chi connectivity index (χ3v) is 2.46. The Bertz CT molecular complexity index is 615. The van der Waals surface area contributed by atoms with Crippen LogP contribution in [0.15, 0.2) is 42.5 Å². The first kappa shape index (κ1) is 13.8. The van der Waals surface area contributed by atoms with Crippen molar-refractivity contribution in [3.63, 3.8) is 0 Å². The average molecular weight is 278 g/mol. The zero-order valence-electron chi connectivity index (χ0n) is 10.4. The molecule has 104 valence electrons. The molecule has 0 atom stereocenters. The van der Waals surface area contributed by atoms with Crippen molar-refractivity contribution < 1.29 is 18.3 Å². The predicted molar refractivity (Wildman–Crippen MR) is 71.3 cm³/mol. The zero-order chi connectivity index (χ0) is 14.5. The number of hydrogen-bond acceptors (Lipinski definition) is 3. The highest BCUT2D eigenvalue weighted by Crippen LogP contribution is 2.21. The molecule has 20 heavy (non-hydrogen) atoms. The minimum Gasteiger partial charge on any atom is -0.482 e. The van der Waals surface area contributed by atoms with Crippen LogP contribution in [0.5, 0.6) is 5.75 Å². The van der Waals surface area contributed by atoms with E-state index in [-0.39, 0.29) is 18.0 Å². The molecule has 0 aromatic heterocycles. The van der Waals surface area contributed by atoms with E-state index in [9.17, 15) is 13.6 Å². The highest BCUT2D eigenvalue weighted by atomic mass is 19.1. The molecule has 0 aliphatic carbocycles. The van der Waals surface area contributed by atoms with Gasteiger partial charge in [0.2, 0.25) is 0 Å². The van der Waals surface area contributed by atoms with Crippen molar-refractivity contribution >= 4 is 17.3 Å². The number of rotatable bonds is 4. The molecule has 2 rings (SSSR count). The molecule has 4 nitrogen and oxygen atoms in total. The summed E-state index contributed by atoms with van der Waals surface area (Å²) in [6.45, 7) is -0.285. The van der Waals surface area contributed by atoms with Gasteiger partial charge in [-0.3, -0.25) is 4.79 Å². The van der Waals surface area contributed by atoms with Crippen LogP contribution in [0.2, 0.25) is 0 Å². The lowest BCUT2D eigenvalue weighted by molar-refractivity contribution is -0.118. The number of nitrogens with one attached hydrogen (secondary N) is 1. The first-order valence-electron chi connectivity index (χ1n) is 5.78. The summed E-state index contributed by atoms with van der Waals surface area (Å²) in [7, 11) is 0. The first-order chi connectivity index (χ1) is 9.54. The molecule has 0 radical (unpaired) electrons. The third-order valence-electron chi connectivity index (χ3n) is 2.46. The van der Waals surface area contributed by atoms with E-state index in [1.54, 1.807) is 0 Å². The Balaban J connectivity index is 1.90. The van der Waals surface area contributed by atoms with Gasteiger partial charge in [-0.25, -0.2) is 8.78 Å². The summed E-state index contributed by atoms with van der Waals surface area (Å²) in [6.07, 6.45) is 0. The number of carbonyl (C=O) groups excluding carboxylic acids is 1. The second-order valence-electron chi connectivity index (χ2n) is 4.03. The highest BCUT2D eigenvalue weighted by Gasteiger charge is 2.06. The van der Waals surface area contributed by atoms with Crippen molar-refractivity contribution in [1.82, 2.24) is 0 Å². The molecule has 0 fully saturated rings. The Morgan fingerprint density at radius 1 is 1.10 bits per heavy atom. The van der Waals surface area contributed by atoms with Crippen LogP contribution in [0.1, 0.15) is 0 Å². The lowest BCUT2D eigenvalue weighted by Crippen LogP contribution is -2.20. The van der Waals surface area contributed by atoms with E-state index < -0.39 is 17.5 Å². The van der Waals surface area contributed by atoms with Crippen LogP contribution in [-0.4, -0.2) is 12.5 Å². The number of anilines is 2. The first-order valence-corrected chi connectivity index (χ1v) is 5.78. The van der Waals surface area contributed by atoms with E-state index in [4.69, 9.17) is 10.5 Å². The standard InChI is InChI=1S/C14H12F2N2O2/c15-9-1-4-11(5-2-9)18-14(19)8-20-13-6-3-10(16)7-12(13)17/h1-7H,8,17H2,(H,18,19). The summed E-state index contributed by atoms with van der Waals surface area (Å²) in [5, 5.41) is 2.52. The van der Waals surface area contributed by atoms with Gasteiger partial charge in [0.1, 0.15) is 17.4 Å². The predicted octanol–water partition coefficient (Wildman–Crippen LogP) is 2.56. The molecule has 0 spiro atoms. The molecule has 0 aliphatic rings. The number of hydrogen-bond donors (Lipinski definition) is 2. The van der Waals surface area contributed by atoms with Crippen LogP contribution >= 0.6 is 0 Å². The van der Waals surface area contributed by atoms with Crippen LogP contribution in [-0.2, 0) is 4.79 Å². The summed E-state index contributed by atoms with van der Waals surface area (Å²) in [5.74, 6) is -1.08. The molecule has 0 heterocycles. The number of amides is 1. The van der Waals surface area contributed by atoms with Crippen LogP contribution in [0.3, 0.4) is 0 Å². The number of nitrogen functional groups attached to an aromatic ring is 1. The Morgan fingerprint density at radius 2 is 1.75 bits per heavy atom. The Hall–Kier alpha value is -2.63. The normalized spacial score (nSPS) is 10.1. The van der Waals surface area contributed by atoms with Gasteiger partial charge in [-0.05, 0) is 36.4 Å². The third kappa shape index (κ3) is 3.68. The van der Waals surface area contributed by atoms with Crippen LogP contribution in [0.25, 0.3) is 0 Å². The van der Waals surface area contributed by atoms with Crippen LogP contribution < -0.4 is 15.8 Å². The SMILES string of the molecule is Nc1cc(F)ccc1OCC(=O)Nc1ccc(F)cc1. The maximum absolute atomic E-state index is 12.8. The van der Waals surface area contributed by atoms with Gasteiger partial charge in [0.25, 0.3) is 5.91 Å². The fraction of sp³-hybridized carbons (Fsp3) is 0.0714. The van der Waals surface area contributed by atoms with Crippen molar-refractivity contribution in [1.29, 1.82) is 0 Å². The minimum absolute atomic E-state index is 0.111. The molecular weight excluding hydrogens is 266 g/mol. The van der Waals surface area contributed by atoms with E-state index in [0.29, 0.717) is 5.69 Å². The fourth-order valence-electron chi connectivity index (χ4n) is 1.52. The van der Waals surface area contributed by atoms with E-state index in [2.05, 4.69) is 5.32 Å². The molecule has 0 aliphatic heterocycles. The van der Waals surface area contributed by atoms with E-state index in [0.717, 1.165) is 6.07 Å². The number of halogens is 2. The summed E-state index contributed by atoms with van der Waals surface area (Å²) in [6, 6.07) is 8.95. The van der Waals surface area contributed by atoms with Gasteiger partial charge in [0.05, 0.1) is 5.69 Å². The van der Waals surface area contributed by atoms with Crippen molar-refractivity contribution in [2.75, 3.05) is 17.7 Å². The molecule has 0 saturated carbocycles. The minimum atomic E-state index is -0.481. The number of ether oxygens (including phenoxy) is 1. The molecule has 2 aromatic rings. The maximum Gasteiger partial charge on any atom is 0.262 e. The summed E-state index contributed by atoms with van der Waals surface area (Å²) < 4.78 is 30.7. The van der Waals surface area contributed by atoms with Gasteiger partial charge < -0.3 is 15.8 Å². The van der Waals surface area contributed by atoms with Crippen LogP contribution in [0.4, 0.5) is 20.2 Å². The van der Waals surface area contributed by atoms with Gasteiger partial charge in [-0.2, -0.15) is 0 Å². The quantitative estimate of drug-likeness (QED) is 0.845. The van der Waals surface area contributed by atoms with Gasteiger partial charge in [0.15, 0.2) is 6.61 Å². The van der Waals surface area contributed by atoms with Crippen molar-refractivity contribution in [2.24, 2.45) is 0 Å². The van der Waals surface area contributed by atoms with Crippen molar-refractivity contribution in [3.05, 3.63) is 54.1 Å². The lowest BCUT2D eigenvalue weighted by Gasteiger charge is -2.09. The summed E-state index contributed by atoms with van der Waals surface area (Å²) in [4.78, 5) is 11.6. The Labute approximate surface area is 114 Å². The summed E-state index contributed by atoms with van der Waals surface area (Å²) in [5.41, 5.74) is 6.10. The van der Waals surface area contributed by atoms with Crippen molar-refractivity contribution in [3.8, 4) is 5.75 Å². The lowest BCUT2D eigenvalue weighted by atomic mass is 10.3. The average Bonchev–Trinajstić information content (AvgIpc) is 2.40. The van der Waals surface area contributed by atoms with E-state index in [1.807, 2.05) is 0 Å². The number of carbonyl (C=O) groups is 1. The largest absolute Gasteiger partial charge is 0.482 e. The van der Waals surface area contributed by atoms with Crippen molar-refractivity contribution in [2.45, 2.75) is 0 Å². The van der Waals surface area contributed by atoms with Gasteiger partial charge >= 0.3 is 0 Å². The fourth-order valence-corrected chi connectivity index (χ4v) is 1.52. The number of nitrogens with two attached hydrogens (primary N) is 1. The molecule has 2 aromatic carbocycles. The van der Waals surface area contributed by atoms with Gasteiger partial charge in [-0.15, -0.1) is 0 Å². The number of benzene rings is 2. The second kappa shape index (κ2) is 6.01. The Kier molecular flexibility index (Phi) is 4.14. The van der Waals surface area contributed by atoms with Gasteiger partial charge in [-0.1, -0.05) is 0 Å². The van der Waals surface area contributed by atoms with Crippen LogP contribution in [0, 0.1) is 11.6 Å². The molecule has 6 heteroatoms. The Morgan fingerprint density at radius 3 is 2.40 bits per heavy atom. The molecule has 0 unspecified atom stereocenters. The molecular formula is C14H12F2N2O2. The monoisotopic (exact) mass is 278 g/mol. The molecule has 3 N–H and O–H groups in total. The second-order valence-corrected chi connectivity index (χ2v) is 4.03. The van der Waals surface area contributed by atoms with Gasteiger partial charge in [0, 0.05) is 11.8 Å². The molecule has 0 bridgehead atoms. The van der Waals surface area contributed by atoms with E-state index >= 15 is 0 Å². The maximum atomic E-state index is 12.8. The smallest absolute Gasteiger partial charge is 0.262 e. The van der Waals surface area contributed by atoms with E-state index in [1.165, 1.54) is 36.4 Å². The summed E-state index contributed by atoms with van der Waals surface area (Å²) >= 11 is 0.